The molecular weight excluding hydrogens is 588 g/mol. The summed E-state index contributed by atoms with van der Waals surface area (Å²) in [7, 11) is 4.59. The maximum absolute atomic E-state index is 13.1. The minimum Gasteiger partial charge on any atom is -0.493 e. The molecule has 0 saturated carbocycles. The highest BCUT2D eigenvalue weighted by Gasteiger charge is 2.59. The van der Waals surface area contributed by atoms with E-state index < -0.39 is 41.9 Å². The Hall–Kier alpha value is -3.53. The minimum atomic E-state index is -1.09. The summed E-state index contributed by atoms with van der Waals surface area (Å²) in [5.74, 6) is 1.38. The molecule has 4 rings (SSSR count). The zero-order chi connectivity index (χ0) is 34.2. The van der Waals surface area contributed by atoms with Crippen molar-refractivity contribution in [3.05, 3.63) is 70.5 Å². The number of hydrogen-bond acceptors (Lipinski definition) is 9. The van der Waals surface area contributed by atoms with Crippen LogP contribution in [-0.2, 0) is 19.7 Å². The second-order valence-corrected chi connectivity index (χ2v) is 14.2. The van der Waals surface area contributed by atoms with Gasteiger partial charge in [-0.1, -0.05) is 32.9 Å². The molecule has 46 heavy (non-hydrogen) atoms. The molecule has 0 aromatic heterocycles. The van der Waals surface area contributed by atoms with Gasteiger partial charge in [-0.25, -0.2) is 0 Å². The van der Waals surface area contributed by atoms with Crippen LogP contribution in [0.15, 0.2) is 53.8 Å². The normalized spacial score (nSPS) is 23.9. The van der Waals surface area contributed by atoms with Crippen LogP contribution in [-0.4, -0.2) is 68.3 Å². The van der Waals surface area contributed by atoms with Crippen molar-refractivity contribution in [1.29, 1.82) is 0 Å². The summed E-state index contributed by atoms with van der Waals surface area (Å²) in [5.41, 5.74) is 1.42. The van der Waals surface area contributed by atoms with Crippen molar-refractivity contribution < 1.29 is 43.4 Å². The molecule has 1 aliphatic carbocycles. The fourth-order valence-corrected chi connectivity index (χ4v) is 6.43. The van der Waals surface area contributed by atoms with Crippen LogP contribution in [0.25, 0.3) is 0 Å². The molecule has 2 aliphatic rings. The average molecular weight is 639 g/mol. The van der Waals surface area contributed by atoms with Gasteiger partial charge in [0.25, 0.3) is 0 Å². The Labute approximate surface area is 273 Å². The molecule has 252 valence electrons. The Kier molecular flexibility index (Phi) is 10.2. The Morgan fingerprint density at radius 3 is 2.11 bits per heavy atom. The van der Waals surface area contributed by atoms with Crippen molar-refractivity contribution in [3.63, 3.8) is 0 Å². The third-order valence-electron chi connectivity index (χ3n) is 8.69. The second-order valence-electron chi connectivity index (χ2n) is 14.2. The van der Waals surface area contributed by atoms with E-state index in [2.05, 4.69) is 20.8 Å². The van der Waals surface area contributed by atoms with Crippen LogP contribution in [0, 0.1) is 18.3 Å². The van der Waals surface area contributed by atoms with Gasteiger partial charge < -0.3 is 38.6 Å². The third-order valence-corrected chi connectivity index (χ3v) is 8.69. The number of ketones is 1. The van der Waals surface area contributed by atoms with Gasteiger partial charge in [-0.2, -0.15) is 0 Å². The van der Waals surface area contributed by atoms with E-state index in [1.165, 1.54) is 7.11 Å². The van der Waals surface area contributed by atoms with E-state index in [1.807, 2.05) is 64.1 Å². The van der Waals surface area contributed by atoms with E-state index >= 15 is 0 Å². The molecule has 2 aromatic carbocycles. The summed E-state index contributed by atoms with van der Waals surface area (Å²) >= 11 is 0. The summed E-state index contributed by atoms with van der Waals surface area (Å²) < 4.78 is 36.6. The molecule has 0 bridgehead atoms. The van der Waals surface area contributed by atoms with Crippen LogP contribution in [0.2, 0.25) is 0 Å². The van der Waals surface area contributed by atoms with E-state index in [0.717, 1.165) is 16.7 Å². The quantitative estimate of drug-likeness (QED) is 0.323. The Balaban J connectivity index is 1.87. The summed E-state index contributed by atoms with van der Waals surface area (Å²) in [6.07, 6.45) is 1.07. The number of ether oxygens (including phenoxy) is 6. The Morgan fingerprint density at radius 1 is 0.891 bits per heavy atom. The number of aliphatic hydroxyl groups excluding tert-OH is 2. The van der Waals surface area contributed by atoms with Crippen molar-refractivity contribution in [3.8, 4) is 23.0 Å². The summed E-state index contributed by atoms with van der Waals surface area (Å²) in [6.45, 7) is 15.2. The van der Waals surface area contributed by atoms with Crippen LogP contribution in [0.1, 0.15) is 71.3 Å². The standard InChI is InChI=1S/C37H50O9/c1-21-14-23(15-28(42-10)32(21)46-36(6,7)8)33-25(19-38)37(17-22(2)31(40)29(18-37)43-11)34(45-33)30(20-39)44-26-13-12-24(35(3,4)5)16-27(26)41-9/h12-18,25,30,33-34,38-39H,19-20H2,1-11H3. The van der Waals surface area contributed by atoms with Gasteiger partial charge in [-0.3, -0.25) is 4.79 Å². The molecule has 9 nitrogen and oxygen atoms in total. The van der Waals surface area contributed by atoms with Gasteiger partial charge in [0.2, 0.25) is 5.78 Å². The lowest BCUT2D eigenvalue weighted by molar-refractivity contribution is -0.115. The first kappa shape index (κ1) is 35.3. The van der Waals surface area contributed by atoms with E-state index in [4.69, 9.17) is 28.4 Å². The summed E-state index contributed by atoms with van der Waals surface area (Å²) in [6, 6.07) is 9.54. The molecule has 1 heterocycles. The minimum absolute atomic E-state index is 0.118. The number of allylic oxidation sites excluding steroid dienone is 1. The number of aliphatic hydroxyl groups is 2. The van der Waals surface area contributed by atoms with Crippen LogP contribution in [0.5, 0.6) is 23.0 Å². The fourth-order valence-electron chi connectivity index (χ4n) is 6.43. The van der Waals surface area contributed by atoms with Crippen molar-refractivity contribution in [1.82, 2.24) is 0 Å². The monoisotopic (exact) mass is 638 g/mol. The maximum atomic E-state index is 13.1. The van der Waals surface area contributed by atoms with Crippen molar-refractivity contribution in [2.45, 2.75) is 84.7 Å². The molecule has 5 atom stereocenters. The Morgan fingerprint density at radius 2 is 1.57 bits per heavy atom. The lowest BCUT2D eigenvalue weighted by atomic mass is 9.66. The number of aryl methyl sites for hydroxylation is 1. The highest BCUT2D eigenvalue weighted by Crippen LogP contribution is 2.57. The van der Waals surface area contributed by atoms with Gasteiger partial charge in [-0.15, -0.1) is 0 Å². The summed E-state index contributed by atoms with van der Waals surface area (Å²) in [4.78, 5) is 13.1. The molecule has 1 spiro atoms. The highest BCUT2D eigenvalue weighted by molar-refractivity contribution is 6.07. The molecule has 5 unspecified atom stereocenters. The van der Waals surface area contributed by atoms with Gasteiger partial charge in [-0.05, 0) is 92.6 Å². The molecule has 1 aliphatic heterocycles. The number of methoxy groups -OCH3 is 3. The fraction of sp³-hybridized carbons (Fsp3) is 0.541. The third kappa shape index (κ3) is 6.77. The predicted octanol–water partition coefficient (Wildman–Crippen LogP) is 6.02. The molecule has 2 aromatic rings. The maximum Gasteiger partial charge on any atom is 0.222 e. The molecule has 0 radical (unpaired) electrons. The van der Waals surface area contributed by atoms with Gasteiger partial charge in [0.15, 0.2) is 28.8 Å². The SMILES string of the molecule is COC1=CC2(C=C(C)C1=O)C(CO)C(c1cc(C)c(OC(C)(C)C)c(OC)c1)OC2C(CO)Oc1ccc(C(C)(C)C)cc1OC. The number of Topliss-reactive ketones (excluding diaryl/α,β-unsaturated/α-hetero) is 1. The van der Waals surface area contributed by atoms with Crippen molar-refractivity contribution in [2.24, 2.45) is 11.3 Å². The summed E-state index contributed by atoms with van der Waals surface area (Å²) in [5, 5.41) is 21.9. The number of hydrogen-bond donors (Lipinski definition) is 2. The lowest BCUT2D eigenvalue weighted by Crippen LogP contribution is -2.48. The number of benzene rings is 2. The first-order valence-electron chi connectivity index (χ1n) is 15.6. The largest absolute Gasteiger partial charge is 0.493 e. The smallest absolute Gasteiger partial charge is 0.222 e. The molecule has 9 heteroatoms. The van der Waals surface area contributed by atoms with Gasteiger partial charge in [0.1, 0.15) is 17.8 Å². The van der Waals surface area contributed by atoms with Crippen LogP contribution >= 0.6 is 0 Å². The average Bonchev–Trinajstić information content (AvgIpc) is 3.29. The molecule has 0 amide bonds. The van der Waals surface area contributed by atoms with Crippen LogP contribution < -0.4 is 18.9 Å². The van der Waals surface area contributed by atoms with Gasteiger partial charge >= 0.3 is 0 Å². The zero-order valence-electron chi connectivity index (χ0n) is 29.0. The lowest BCUT2D eigenvalue weighted by Gasteiger charge is -2.39. The van der Waals surface area contributed by atoms with E-state index in [9.17, 15) is 15.0 Å². The number of carbonyl (C=O) groups is 1. The molecule has 1 saturated heterocycles. The van der Waals surface area contributed by atoms with Gasteiger partial charge in [0, 0.05) is 17.9 Å². The number of carbonyl (C=O) groups excluding carboxylic acids is 1. The zero-order valence-corrected chi connectivity index (χ0v) is 29.0. The number of rotatable bonds is 10. The van der Waals surface area contributed by atoms with E-state index in [1.54, 1.807) is 27.2 Å². The Bertz CT molecular complexity index is 1490. The van der Waals surface area contributed by atoms with E-state index in [-0.39, 0.29) is 23.6 Å². The first-order chi connectivity index (χ1) is 21.5. The van der Waals surface area contributed by atoms with Crippen molar-refractivity contribution in [2.75, 3.05) is 34.5 Å². The molecule has 2 N–H and O–H groups in total. The van der Waals surface area contributed by atoms with E-state index in [0.29, 0.717) is 28.6 Å². The van der Waals surface area contributed by atoms with Crippen LogP contribution in [0.4, 0.5) is 0 Å². The molecule has 1 fully saturated rings. The van der Waals surface area contributed by atoms with Crippen LogP contribution in [0.3, 0.4) is 0 Å². The predicted molar refractivity (Wildman–Crippen MR) is 176 cm³/mol. The second kappa shape index (κ2) is 13.3. The topological polar surface area (TPSA) is 113 Å². The molecular formula is C37H50O9. The van der Waals surface area contributed by atoms with Crippen molar-refractivity contribution >= 4 is 5.78 Å². The van der Waals surface area contributed by atoms with Gasteiger partial charge in [0.05, 0.1) is 34.0 Å². The highest BCUT2D eigenvalue weighted by atomic mass is 16.6. The first-order valence-corrected chi connectivity index (χ1v) is 15.6.